The van der Waals surface area contributed by atoms with Gasteiger partial charge < -0.3 is 5.32 Å². The first-order chi connectivity index (χ1) is 9.52. The first-order valence-corrected chi connectivity index (χ1v) is 8.36. The Labute approximate surface area is 125 Å². The molecule has 0 saturated heterocycles. The summed E-state index contributed by atoms with van der Waals surface area (Å²) in [4.78, 5) is 0. The van der Waals surface area contributed by atoms with Gasteiger partial charge in [-0.2, -0.15) is 0 Å². The maximum absolute atomic E-state index is 3.73. The van der Waals surface area contributed by atoms with Crippen molar-refractivity contribution in [3.05, 3.63) is 35.4 Å². The number of hydrogen-bond donors (Lipinski definition) is 1. The molecule has 1 aliphatic carbocycles. The summed E-state index contributed by atoms with van der Waals surface area (Å²) in [6, 6.07) is 9.89. The first kappa shape index (κ1) is 15.6. The third-order valence-corrected chi connectivity index (χ3v) is 4.68. The molecule has 112 valence electrons. The molecule has 1 aromatic rings. The maximum atomic E-state index is 3.73. The number of benzene rings is 1. The Morgan fingerprint density at radius 2 is 1.65 bits per heavy atom. The van der Waals surface area contributed by atoms with Crippen LogP contribution in [0.5, 0.6) is 0 Å². The summed E-state index contributed by atoms with van der Waals surface area (Å²) >= 11 is 0. The van der Waals surface area contributed by atoms with E-state index in [9.17, 15) is 0 Å². The number of rotatable bonds is 4. The van der Waals surface area contributed by atoms with Crippen LogP contribution < -0.4 is 5.32 Å². The minimum atomic E-state index is 0.247. The second kappa shape index (κ2) is 6.76. The van der Waals surface area contributed by atoms with Crippen LogP contribution in [-0.2, 0) is 5.41 Å². The molecule has 1 N–H and O–H groups in total. The van der Waals surface area contributed by atoms with Gasteiger partial charge in [0.25, 0.3) is 0 Å². The van der Waals surface area contributed by atoms with E-state index >= 15 is 0 Å². The van der Waals surface area contributed by atoms with Crippen LogP contribution in [-0.4, -0.2) is 6.54 Å². The molecule has 1 fully saturated rings. The number of hydrogen-bond acceptors (Lipinski definition) is 1. The summed E-state index contributed by atoms with van der Waals surface area (Å²) in [6.07, 6.45) is 7.02. The Morgan fingerprint density at radius 3 is 2.15 bits per heavy atom. The molecule has 1 aliphatic rings. The van der Waals surface area contributed by atoms with E-state index in [1.807, 2.05) is 0 Å². The van der Waals surface area contributed by atoms with Crippen molar-refractivity contribution in [2.45, 2.75) is 71.3 Å². The van der Waals surface area contributed by atoms with E-state index in [1.54, 1.807) is 0 Å². The van der Waals surface area contributed by atoms with Crippen LogP contribution in [0, 0.1) is 5.92 Å². The molecule has 1 atom stereocenters. The summed E-state index contributed by atoms with van der Waals surface area (Å²) in [5.41, 5.74) is 3.16. The van der Waals surface area contributed by atoms with E-state index in [4.69, 9.17) is 0 Å². The second-order valence-corrected chi connectivity index (χ2v) is 7.31. The topological polar surface area (TPSA) is 12.0 Å². The molecule has 0 heterocycles. The van der Waals surface area contributed by atoms with Gasteiger partial charge in [-0.25, -0.2) is 0 Å². The Bertz CT molecular complexity index is 393. The van der Waals surface area contributed by atoms with Crippen molar-refractivity contribution in [1.82, 2.24) is 5.32 Å². The lowest BCUT2D eigenvalue weighted by Crippen LogP contribution is -2.29. The van der Waals surface area contributed by atoms with Gasteiger partial charge in [-0.3, -0.25) is 0 Å². The van der Waals surface area contributed by atoms with Crippen LogP contribution in [0.2, 0.25) is 0 Å². The monoisotopic (exact) mass is 273 g/mol. The van der Waals surface area contributed by atoms with Gasteiger partial charge in [-0.15, -0.1) is 0 Å². The van der Waals surface area contributed by atoms with Crippen molar-refractivity contribution in [1.29, 1.82) is 0 Å². The molecule has 2 rings (SSSR count). The highest BCUT2D eigenvalue weighted by Gasteiger charge is 2.24. The van der Waals surface area contributed by atoms with Crippen LogP contribution in [0.25, 0.3) is 0 Å². The van der Waals surface area contributed by atoms with E-state index in [0.29, 0.717) is 6.04 Å². The summed E-state index contributed by atoms with van der Waals surface area (Å²) in [6.45, 7) is 10.1. The molecule has 1 unspecified atom stereocenters. The standard InChI is InChI=1S/C19H31N/c1-5-20-18(15-9-7-6-8-10-15)16-11-13-17(14-12-16)19(2,3)4/h11-15,18,20H,5-10H2,1-4H3. The van der Waals surface area contributed by atoms with E-state index in [-0.39, 0.29) is 5.41 Å². The molecule has 0 spiro atoms. The predicted octanol–water partition coefficient (Wildman–Crippen LogP) is 5.22. The summed E-state index contributed by atoms with van der Waals surface area (Å²) < 4.78 is 0. The van der Waals surface area contributed by atoms with E-state index in [1.165, 1.54) is 43.2 Å². The summed E-state index contributed by atoms with van der Waals surface area (Å²) in [5, 5.41) is 3.73. The predicted molar refractivity (Wildman–Crippen MR) is 88.1 cm³/mol. The maximum Gasteiger partial charge on any atom is 0.0348 e. The highest BCUT2D eigenvalue weighted by Crippen LogP contribution is 2.35. The van der Waals surface area contributed by atoms with Gasteiger partial charge >= 0.3 is 0 Å². The van der Waals surface area contributed by atoms with Crippen LogP contribution >= 0.6 is 0 Å². The third kappa shape index (κ3) is 3.85. The lowest BCUT2D eigenvalue weighted by molar-refractivity contribution is 0.274. The number of nitrogens with one attached hydrogen (secondary N) is 1. The van der Waals surface area contributed by atoms with E-state index in [2.05, 4.69) is 57.3 Å². The quantitative estimate of drug-likeness (QED) is 0.793. The second-order valence-electron chi connectivity index (χ2n) is 7.31. The summed E-state index contributed by atoms with van der Waals surface area (Å²) in [5.74, 6) is 0.823. The van der Waals surface area contributed by atoms with Gasteiger partial charge in [0.05, 0.1) is 0 Å². The molecule has 0 radical (unpaired) electrons. The SMILES string of the molecule is CCNC(c1ccc(C(C)(C)C)cc1)C1CCCCC1. The highest BCUT2D eigenvalue weighted by molar-refractivity contribution is 5.29. The lowest BCUT2D eigenvalue weighted by Gasteiger charge is -2.31. The molecule has 0 bridgehead atoms. The molecule has 0 amide bonds. The molecule has 1 nitrogen and oxygen atoms in total. The fourth-order valence-corrected chi connectivity index (χ4v) is 3.43. The minimum Gasteiger partial charge on any atom is -0.310 e. The normalized spacial score (nSPS) is 19.0. The molecule has 0 aliphatic heterocycles. The Morgan fingerprint density at radius 1 is 1.05 bits per heavy atom. The van der Waals surface area contributed by atoms with Gasteiger partial charge in [-0.1, -0.05) is 71.2 Å². The molecular formula is C19H31N. The first-order valence-electron chi connectivity index (χ1n) is 8.36. The zero-order valence-electron chi connectivity index (χ0n) is 13.7. The Balaban J connectivity index is 2.16. The van der Waals surface area contributed by atoms with Crippen molar-refractivity contribution in [2.24, 2.45) is 5.92 Å². The van der Waals surface area contributed by atoms with Gasteiger partial charge in [0.1, 0.15) is 0 Å². The van der Waals surface area contributed by atoms with Gasteiger partial charge in [0, 0.05) is 6.04 Å². The fourth-order valence-electron chi connectivity index (χ4n) is 3.43. The van der Waals surface area contributed by atoms with Crippen LogP contribution in [0.15, 0.2) is 24.3 Å². The third-order valence-electron chi connectivity index (χ3n) is 4.68. The van der Waals surface area contributed by atoms with Gasteiger partial charge in [0.15, 0.2) is 0 Å². The molecule has 20 heavy (non-hydrogen) atoms. The van der Waals surface area contributed by atoms with Gasteiger partial charge in [-0.05, 0) is 41.8 Å². The molecule has 1 heteroatoms. The van der Waals surface area contributed by atoms with E-state index < -0.39 is 0 Å². The minimum absolute atomic E-state index is 0.247. The van der Waals surface area contributed by atoms with Gasteiger partial charge in [0.2, 0.25) is 0 Å². The molecule has 1 saturated carbocycles. The Kier molecular flexibility index (Phi) is 5.26. The van der Waals surface area contributed by atoms with E-state index in [0.717, 1.165) is 12.5 Å². The van der Waals surface area contributed by atoms with Crippen LogP contribution in [0.1, 0.15) is 77.0 Å². The van der Waals surface area contributed by atoms with Crippen LogP contribution in [0.4, 0.5) is 0 Å². The highest BCUT2D eigenvalue weighted by atomic mass is 14.9. The summed E-state index contributed by atoms with van der Waals surface area (Å²) in [7, 11) is 0. The van der Waals surface area contributed by atoms with Crippen molar-refractivity contribution in [3.8, 4) is 0 Å². The fraction of sp³-hybridized carbons (Fsp3) is 0.684. The molecular weight excluding hydrogens is 242 g/mol. The largest absolute Gasteiger partial charge is 0.310 e. The molecule has 1 aromatic carbocycles. The Hall–Kier alpha value is -0.820. The smallest absolute Gasteiger partial charge is 0.0348 e. The zero-order valence-corrected chi connectivity index (χ0v) is 13.7. The lowest BCUT2D eigenvalue weighted by atomic mass is 9.80. The van der Waals surface area contributed by atoms with Crippen molar-refractivity contribution in [3.63, 3.8) is 0 Å². The van der Waals surface area contributed by atoms with Crippen LogP contribution in [0.3, 0.4) is 0 Å². The van der Waals surface area contributed by atoms with Crippen molar-refractivity contribution < 1.29 is 0 Å². The van der Waals surface area contributed by atoms with Crippen molar-refractivity contribution >= 4 is 0 Å². The van der Waals surface area contributed by atoms with Crippen molar-refractivity contribution in [2.75, 3.05) is 6.54 Å². The zero-order chi connectivity index (χ0) is 14.6. The molecule has 0 aromatic heterocycles. The average Bonchev–Trinajstić information content (AvgIpc) is 2.45. The average molecular weight is 273 g/mol.